The van der Waals surface area contributed by atoms with Gasteiger partial charge in [-0.3, -0.25) is 9.59 Å². The van der Waals surface area contributed by atoms with E-state index in [4.69, 9.17) is 0 Å². The van der Waals surface area contributed by atoms with Crippen LogP contribution >= 0.6 is 12.4 Å². The van der Waals surface area contributed by atoms with Gasteiger partial charge in [-0.1, -0.05) is 25.1 Å². The van der Waals surface area contributed by atoms with Crippen molar-refractivity contribution < 1.29 is 4.79 Å². The van der Waals surface area contributed by atoms with Gasteiger partial charge in [0.25, 0.3) is 11.5 Å². The summed E-state index contributed by atoms with van der Waals surface area (Å²) in [6.07, 6.45) is 1.06. The highest BCUT2D eigenvalue weighted by atomic mass is 35.5. The number of carbonyl (C=O) groups is 1. The summed E-state index contributed by atoms with van der Waals surface area (Å²) in [5.74, 6) is -0.258. The molecule has 0 aliphatic heterocycles. The standard InChI is InChI=1S/C15H19N3O2.ClH/c1-2-7-16-8-9-17-15(20)13-10-11-5-3-4-6-12(11)14(19)18-13;/h3-6,10,16H,2,7-9H2,1H3,(H,17,20)(H,18,19);1H. The van der Waals surface area contributed by atoms with Gasteiger partial charge in [0.05, 0.1) is 0 Å². The molecule has 1 amide bonds. The molecule has 21 heavy (non-hydrogen) atoms. The van der Waals surface area contributed by atoms with Gasteiger partial charge in [0.1, 0.15) is 5.69 Å². The molecule has 3 N–H and O–H groups in total. The Kier molecular flexibility index (Phi) is 6.91. The smallest absolute Gasteiger partial charge is 0.267 e. The fourth-order valence-electron chi connectivity index (χ4n) is 1.99. The van der Waals surface area contributed by atoms with Crippen LogP contribution in [0.4, 0.5) is 0 Å². The van der Waals surface area contributed by atoms with E-state index >= 15 is 0 Å². The number of H-pyrrole nitrogens is 1. The van der Waals surface area contributed by atoms with Crippen molar-refractivity contribution >= 4 is 29.1 Å². The normalized spacial score (nSPS) is 10.1. The third-order valence-corrected chi connectivity index (χ3v) is 3.01. The lowest BCUT2D eigenvalue weighted by molar-refractivity contribution is 0.0949. The number of carbonyl (C=O) groups excluding carboxylic acids is 1. The van der Waals surface area contributed by atoms with E-state index in [0.717, 1.165) is 24.9 Å². The van der Waals surface area contributed by atoms with Crippen LogP contribution in [0.1, 0.15) is 23.8 Å². The number of hydrogen-bond acceptors (Lipinski definition) is 3. The minimum absolute atomic E-state index is 0. The fraction of sp³-hybridized carbons (Fsp3) is 0.333. The Morgan fingerprint density at radius 2 is 1.95 bits per heavy atom. The SMILES string of the molecule is CCCNCCNC(=O)c1cc2ccccc2c(=O)[nH]1.Cl. The molecule has 0 saturated heterocycles. The highest BCUT2D eigenvalue weighted by Gasteiger charge is 2.08. The van der Waals surface area contributed by atoms with E-state index in [1.807, 2.05) is 12.1 Å². The zero-order chi connectivity index (χ0) is 14.4. The predicted molar refractivity (Wildman–Crippen MR) is 87.3 cm³/mol. The van der Waals surface area contributed by atoms with Crippen LogP contribution in [0.15, 0.2) is 35.1 Å². The van der Waals surface area contributed by atoms with Crippen LogP contribution < -0.4 is 16.2 Å². The summed E-state index contributed by atoms with van der Waals surface area (Å²) in [4.78, 5) is 26.4. The van der Waals surface area contributed by atoms with Gasteiger partial charge < -0.3 is 15.6 Å². The predicted octanol–water partition coefficient (Wildman–Crippen LogP) is 1.68. The summed E-state index contributed by atoms with van der Waals surface area (Å²) >= 11 is 0. The number of aromatic amines is 1. The third kappa shape index (κ3) is 4.58. The molecule has 1 aromatic heterocycles. The number of nitrogens with one attached hydrogen (secondary N) is 3. The number of fused-ring (bicyclic) bond motifs is 1. The average Bonchev–Trinajstić information content (AvgIpc) is 2.47. The van der Waals surface area contributed by atoms with Gasteiger partial charge in [0, 0.05) is 18.5 Å². The lowest BCUT2D eigenvalue weighted by Crippen LogP contribution is -2.33. The zero-order valence-electron chi connectivity index (χ0n) is 11.9. The Morgan fingerprint density at radius 3 is 2.71 bits per heavy atom. The number of hydrogen-bond donors (Lipinski definition) is 3. The first kappa shape index (κ1) is 17.2. The molecule has 0 aliphatic carbocycles. The van der Waals surface area contributed by atoms with Gasteiger partial charge in [-0.25, -0.2) is 0 Å². The second kappa shape index (κ2) is 8.44. The molecular formula is C15H20ClN3O2. The number of pyridine rings is 1. The molecule has 0 radical (unpaired) electrons. The minimum atomic E-state index is -0.258. The van der Waals surface area contributed by atoms with E-state index in [2.05, 4.69) is 22.5 Å². The van der Waals surface area contributed by atoms with Crippen molar-refractivity contribution in [3.05, 3.63) is 46.4 Å². The fourth-order valence-corrected chi connectivity index (χ4v) is 1.99. The minimum Gasteiger partial charge on any atom is -0.349 e. The van der Waals surface area contributed by atoms with E-state index in [9.17, 15) is 9.59 Å². The van der Waals surface area contributed by atoms with Crippen LogP contribution in [0.5, 0.6) is 0 Å². The van der Waals surface area contributed by atoms with E-state index in [-0.39, 0.29) is 23.9 Å². The number of aromatic nitrogens is 1. The number of benzene rings is 1. The zero-order valence-corrected chi connectivity index (χ0v) is 12.8. The van der Waals surface area contributed by atoms with Gasteiger partial charge in [-0.15, -0.1) is 12.4 Å². The Bertz CT molecular complexity index is 655. The molecule has 0 saturated carbocycles. The maximum absolute atomic E-state index is 12.0. The second-order valence-corrected chi connectivity index (χ2v) is 4.61. The molecule has 114 valence electrons. The monoisotopic (exact) mass is 309 g/mol. The molecule has 5 nitrogen and oxygen atoms in total. The molecule has 0 bridgehead atoms. The van der Waals surface area contributed by atoms with Crippen LogP contribution in [-0.2, 0) is 0 Å². The number of halogens is 1. The number of rotatable bonds is 6. The molecule has 0 fully saturated rings. The highest BCUT2D eigenvalue weighted by Crippen LogP contribution is 2.09. The molecule has 2 aromatic rings. The van der Waals surface area contributed by atoms with Crippen LogP contribution in [0.3, 0.4) is 0 Å². The lowest BCUT2D eigenvalue weighted by atomic mass is 10.1. The second-order valence-electron chi connectivity index (χ2n) is 4.61. The van der Waals surface area contributed by atoms with Gasteiger partial charge in [-0.05, 0) is 30.5 Å². The van der Waals surface area contributed by atoms with Gasteiger partial charge in [-0.2, -0.15) is 0 Å². The molecule has 0 unspecified atom stereocenters. The van der Waals surface area contributed by atoms with E-state index in [1.165, 1.54) is 0 Å². The van der Waals surface area contributed by atoms with Gasteiger partial charge in [0.15, 0.2) is 0 Å². The van der Waals surface area contributed by atoms with E-state index in [1.54, 1.807) is 18.2 Å². The molecule has 0 spiro atoms. The first-order chi connectivity index (χ1) is 9.72. The molecule has 6 heteroatoms. The molecule has 0 aliphatic rings. The summed E-state index contributed by atoms with van der Waals surface area (Å²) in [5, 5.41) is 7.33. The Labute approximate surface area is 129 Å². The summed E-state index contributed by atoms with van der Waals surface area (Å²) in [7, 11) is 0. The Hall–Kier alpha value is -1.85. The summed E-state index contributed by atoms with van der Waals surface area (Å²) in [5.41, 5.74) is 0.0570. The average molecular weight is 310 g/mol. The summed E-state index contributed by atoms with van der Waals surface area (Å²) in [6, 6.07) is 8.91. The Balaban J connectivity index is 0.00000220. The lowest BCUT2D eigenvalue weighted by Gasteiger charge is -2.07. The molecule has 1 aromatic carbocycles. The third-order valence-electron chi connectivity index (χ3n) is 3.01. The van der Waals surface area contributed by atoms with Crippen molar-refractivity contribution in [2.24, 2.45) is 0 Å². The van der Waals surface area contributed by atoms with Crippen molar-refractivity contribution in [1.29, 1.82) is 0 Å². The van der Waals surface area contributed by atoms with Crippen LogP contribution in [0.25, 0.3) is 10.8 Å². The van der Waals surface area contributed by atoms with E-state index in [0.29, 0.717) is 17.6 Å². The summed E-state index contributed by atoms with van der Waals surface area (Å²) in [6.45, 7) is 4.28. The molecule has 0 atom stereocenters. The van der Waals surface area contributed by atoms with Crippen molar-refractivity contribution in [3.63, 3.8) is 0 Å². The highest BCUT2D eigenvalue weighted by molar-refractivity contribution is 5.96. The summed E-state index contributed by atoms with van der Waals surface area (Å²) < 4.78 is 0. The first-order valence-electron chi connectivity index (χ1n) is 6.83. The Morgan fingerprint density at radius 1 is 1.19 bits per heavy atom. The quantitative estimate of drug-likeness (QED) is 0.711. The molecule has 1 heterocycles. The maximum Gasteiger partial charge on any atom is 0.267 e. The first-order valence-corrected chi connectivity index (χ1v) is 6.83. The largest absolute Gasteiger partial charge is 0.349 e. The topological polar surface area (TPSA) is 74.0 Å². The maximum atomic E-state index is 12.0. The van der Waals surface area contributed by atoms with Crippen LogP contribution in [-0.4, -0.2) is 30.5 Å². The molecule has 2 rings (SSSR count). The van der Waals surface area contributed by atoms with E-state index < -0.39 is 0 Å². The van der Waals surface area contributed by atoms with Crippen LogP contribution in [0, 0.1) is 0 Å². The molecular weight excluding hydrogens is 290 g/mol. The van der Waals surface area contributed by atoms with Gasteiger partial charge in [0.2, 0.25) is 0 Å². The van der Waals surface area contributed by atoms with Crippen molar-refractivity contribution in [2.75, 3.05) is 19.6 Å². The van der Waals surface area contributed by atoms with Crippen molar-refractivity contribution in [2.45, 2.75) is 13.3 Å². The van der Waals surface area contributed by atoms with Crippen molar-refractivity contribution in [3.8, 4) is 0 Å². The van der Waals surface area contributed by atoms with Crippen LogP contribution in [0.2, 0.25) is 0 Å². The van der Waals surface area contributed by atoms with Gasteiger partial charge >= 0.3 is 0 Å². The number of amides is 1. The van der Waals surface area contributed by atoms with Crippen molar-refractivity contribution in [1.82, 2.24) is 15.6 Å².